The van der Waals surface area contributed by atoms with Gasteiger partial charge in [-0.3, -0.25) is 0 Å². The van der Waals surface area contributed by atoms with Crippen LogP contribution in [-0.2, 0) is 0 Å². The maximum Gasteiger partial charge on any atom is 0.131 e. The molecule has 1 atom stereocenters. The van der Waals surface area contributed by atoms with Crippen LogP contribution in [0.1, 0.15) is 26.7 Å². The summed E-state index contributed by atoms with van der Waals surface area (Å²) in [6.07, 6.45) is 0. The van der Waals surface area contributed by atoms with Crippen molar-refractivity contribution in [1.29, 1.82) is 0 Å². The lowest BCUT2D eigenvalue weighted by molar-refractivity contribution is 0.627. The van der Waals surface area contributed by atoms with E-state index in [-0.39, 0.29) is 18.6 Å². The van der Waals surface area contributed by atoms with Crippen LogP contribution in [0, 0.1) is 5.82 Å². The Hall–Kier alpha value is -1.63. The van der Waals surface area contributed by atoms with Crippen molar-refractivity contribution in [3.05, 3.63) is 59.9 Å². The van der Waals surface area contributed by atoms with Crippen LogP contribution in [0.5, 0.6) is 0 Å². The first-order chi connectivity index (χ1) is 8.22. The van der Waals surface area contributed by atoms with E-state index in [4.69, 9.17) is 1.37 Å². The van der Waals surface area contributed by atoms with Crippen molar-refractivity contribution < 1.29 is 5.76 Å². The quantitative estimate of drug-likeness (QED) is 0.686. The highest BCUT2D eigenvalue weighted by atomic mass is 19.1. The number of rotatable bonds is 2. The molecule has 0 saturated carbocycles. The summed E-state index contributed by atoms with van der Waals surface area (Å²) >= 11 is 0. The molecule has 0 aliphatic carbocycles. The molecule has 0 radical (unpaired) electrons. The van der Waals surface area contributed by atoms with Crippen molar-refractivity contribution in [2.75, 3.05) is 0 Å². The predicted molar refractivity (Wildman–Crippen MR) is 65.9 cm³/mol. The van der Waals surface area contributed by atoms with Gasteiger partial charge in [0.25, 0.3) is 0 Å². The molecule has 0 heterocycles. The highest BCUT2D eigenvalue weighted by molar-refractivity contribution is 5.64. The standard InChI is InChI=1S/C15H15F/c1-11(2)13-8-9-14(15(16)10-13)12-6-4-3-5-7-12/h3-11H,1-2H3/i1D. The molecule has 0 nitrogen and oxygen atoms in total. The van der Waals surface area contributed by atoms with Gasteiger partial charge < -0.3 is 0 Å². The molecule has 82 valence electrons. The van der Waals surface area contributed by atoms with Gasteiger partial charge in [0.1, 0.15) is 5.82 Å². The molecule has 0 aromatic heterocycles. The van der Waals surface area contributed by atoms with E-state index in [1.165, 1.54) is 0 Å². The minimum atomic E-state index is -0.214. The lowest BCUT2D eigenvalue weighted by atomic mass is 9.98. The summed E-state index contributed by atoms with van der Waals surface area (Å²) < 4.78 is 21.3. The van der Waals surface area contributed by atoms with E-state index < -0.39 is 0 Å². The van der Waals surface area contributed by atoms with Gasteiger partial charge >= 0.3 is 0 Å². The average molecular weight is 215 g/mol. The van der Waals surface area contributed by atoms with E-state index in [1.54, 1.807) is 12.1 Å². The van der Waals surface area contributed by atoms with Gasteiger partial charge in [-0.05, 0) is 23.1 Å². The van der Waals surface area contributed by atoms with Gasteiger partial charge in [0.05, 0.1) is 0 Å². The summed E-state index contributed by atoms with van der Waals surface area (Å²) in [6, 6.07) is 14.7. The molecule has 16 heavy (non-hydrogen) atoms. The van der Waals surface area contributed by atoms with Crippen molar-refractivity contribution in [3.8, 4) is 11.1 Å². The first-order valence-electron chi connectivity index (χ1n) is 6.07. The molecular weight excluding hydrogens is 199 g/mol. The van der Waals surface area contributed by atoms with E-state index in [9.17, 15) is 4.39 Å². The van der Waals surface area contributed by atoms with Gasteiger partial charge in [0.2, 0.25) is 0 Å². The Balaban J connectivity index is 2.39. The minimum Gasteiger partial charge on any atom is -0.206 e. The minimum absolute atomic E-state index is 0.0781. The van der Waals surface area contributed by atoms with Crippen molar-refractivity contribution in [1.82, 2.24) is 0 Å². The summed E-state index contributed by atoms with van der Waals surface area (Å²) in [6.45, 7) is 2.22. The maximum absolute atomic E-state index is 14.0. The topological polar surface area (TPSA) is 0 Å². The fraction of sp³-hybridized carbons (Fsp3) is 0.200. The fourth-order valence-corrected chi connectivity index (χ4v) is 1.69. The fourth-order valence-electron chi connectivity index (χ4n) is 1.69. The normalized spacial score (nSPS) is 13.2. The molecule has 1 heteroatoms. The number of benzene rings is 2. The molecule has 0 fully saturated rings. The Labute approximate surface area is 97.2 Å². The Bertz CT molecular complexity index is 494. The Morgan fingerprint density at radius 3 is 2.50 bits per heavy atom. The second kappa shape index (κ2) is 4.48. The van der Waals surface area contributed by atoms with Gasteiger partial charge in [-0.15, -0.1) is 0 Å². The average Bonchev–Trinajstić information content (AvgIpc) is 2.38. The number of hydrogen-bond acceptors (Lipinski definition) is 0. The summed E-state index contributed by atoms with van der Waals surface area (Å²) in [4.78, 5) is 0. The summed E-state index contributed by atoms with van der Waals surface area (Å²) in [5.41, 5.74) is 2.39. The Kier molecular flexibility index (Phi) is 2.68. The third kappa shape index (κ3) is 2.13. The highest BCUT2D eigenvalue weighted by Gasteiger charge is 2.07. The zero-order valence-electron chi connectivity index (χ0n) is 10.3. The first-order valence-corrected chi connectivity index (χ1v) is 5.36. The molecule has 0 bridgehead atoms. The van der Waals surface area contributed by atoms with Gasteiger partial charge in [0, 0.05) is 6.93 Å². The van der Waals surface area contributed by atoms with Crippen LogP contribution in [-0.4, -0.2) is 0 Å². The zero-order chi connectivity index (χ0) is 12.3. The van der Waals surface area contributed by atoms with Crippen molar-refractivity contribution in [2.45, 2.75) is 19.7 Å². The molecule has 0 aliphatic heterocycles. The number of halogens is 1. The van der Waals surface area contributed by atoms with Gasteiger partial charge in [-0.1, -0.05) is 56.3 Å². The Morgan fingerprint density at radius 2 is 1.88 bits per heavy atom. The van der Waals surface area contributed by atoms with Crippen molar-refractivity contribution >= 4 is 0 Å². The van der Waals surface area contributed by atoms with E-state index in [0.717, 1.165) is 11.1 Å². The zero-order valence-corrected chi connectivity index (χ0v) is 9.28. The smallest absolute Gasteiger partial charge is 0.131 e. The van der Waals surface area contributed by atoms with Crippen LogP contribution in [0.15, 0.2) is 48.5 Å². The molecule has 2 aromatic rings. The summed E-state index contributed by atoms with van der Waals surface area (Å²) in [5.74, 6) is -0.136. The molecule has 0 N–H and O–H groups in total. The summed E-state index contributed by atoms with van der Waals surface area (Å²) in [7, 11) is 0. The second-order valence-electron chi connectivity index (χ2n) is 4.01. The van der Waals surface area contributed by atoms with Gasteiger partial charge in [0.15, 0.2) is 0 Å². The molecule has 1 unspecified atom stereocenters. The largest absolute Gasteiger partial charge is 0.206 e. The Morgan fingerprint density at radius 1 is 1.12 bits per heavy atom. The monoisotopic (exact) mass is 215 g/mol. The molecule has 0 amide bonds. The van der Waals surface area contributed by atoms with E-state index >= 15 is 0 Å². The molecule has 0 spiro atoms. The van der Waals surface area contributed by atoms with Crippen LogP contribution in [0.4, 0.5) is 4.39 Å². The summed E-state index contributed by atoms with van der Waals surface area (Å²) in [5, 5.41) is 0. The molecule has 0 saturated heterocycles. The third-order valence-corrected chi connectivity index (χ3v) is 2.65. The van der Waals surface area contributed by atoms with Crippen molar-refractivity contribution in [2.24, 2.45) is 0 Å². The molecule has 0 aliphatic rings. The number of hydrogen-bond donors (Lipinski definition) is 0. The molecule has 2 rings (SSSR count). The van der Waals surface area contributed by atoms with E-state index in [2.05, 4.69) is 0 Å². The van der Waals surface area contributed by atoms with Crippen LogP contribution < -0.4 is 0 Å². The third-order valence-electron chi connectivity index (χ3n) is 2.65. The van der Waals surface area contributed by atoms with Crippen molar-refractivity contribution in [3.63, 3.8) is 0 Å². The highest BCUT2D eigenvalue weighted by Crippen LogP contribution is 2.25. The van der Waals surface area contributed by atoms with Gasteiger partial charge in [-0.2, -0.15) is 0 Å². The first kappa shape index (κ1) is 9.59. The van der Waals surface area contributed by atoms with Crippen LogP contribution in [0.3, 0.4) is 0 Å². The lowest BCUT2D eigenvalue weighted by Crippen LogP contribution is -1.91. The second-order valence-corrected chi connectivity index (χ2v) is 4.01. The SMILES string of the molecule is [2H]CC(C)c1ccc(-c2ccccc2)c(F)c1. The van der Waals surface area contributed by atoms with Gasteiger partial charge in [-0.25, -0.2) is 4.39 Å². The lowest BCUT2D eigenvalue weighted by Gasteiger charge is -2.08. The van der Waals surface area contributed by atoms with E-state index in [0.29, 0.717) is 5.56 Å². The molecular formula is C15H15F. The van der Waals surface area contributed by atoms with E-state index in [1.807, 2.05) is 43.3 Å². The maximum atomic E-state index is 14.0. The van der Waals surface area contributed by atoms with Crippen LogP contribution >= 0.6 is 0 Å². The van der Waals surface area contributed by atoms with Crippen LogP contribution in [0.25, 0.3) is 11.1 Å². The van der Waals surface area contributed by atoms with Crippen LogP contribution in [0.2, 0.25) is 0 Å². The molecule has 2 aromatic carbocycles. The predicted octanol–water partition coefficient (Wildman–Crippen LogP) is 4.62.